The minimum atomic E-state index is -0.495. The lowest BCUT2D eigenvalue weighted by atomic mass is 9.44. The fourth-order valence-corrected chi connectivity index (χ4v) is 12.2. The van der Waals surface area contributed by atoms with Gasteiger partial charge in [0.05, 0.1) is 12.7 Å². The molecule has 1 unspecified atom stereocenters. The van der Waals surface area contributed by atoms with E-state index >= 15 is 0 Å². The Hall–Kier alpha value is -1.55. The minimum Gasteiger partial charge on any atom is -0.356 e. The molecule has 47 heavy (non-hydrogen) atoms. The molecule has 4 saturated carbocycles. The first-order chi connectivity index (χ1) is 22.4. The molecule has 0 aromatic carbocycles. The highest BCUT2D eigenvalue weighted by atomic mass is 16.7. The quantitative estimate of drug-likeness (QED) is 0.313. The average Bonchev–Trinajstić information content (AvgIpc) is 3.49. The maximum Gasteiger partial charge on any atom is 0.229 e. The summed E-state index contributed by atoms with van der Waals surface area (Å²) in [5.74, 6) is 2.57. The van der Waals surface area contributed by atoms with Crippen molar-refractivity contribution >= 4 is 17.6 Å². The molecule has 3 heterocycles. The Morgan fingerprint density at radius 1 is 0.957 bits per heavy atom. The van der Waals surface area contributed by atoms with Crippen LogP contribution in [-0.2, 0) is 23.9 Å². The molecule has 1 spiro atoms. The summed E-state index contributed by atoms with van der Waals surface area (Å²) in [4.78, 5) is 44.6. The number of ether oxygens (including phenoxy) is 2. The molecule has 0 radical (unpaired) electrons. The zero-order chi connectivity index (χ0) is 33.1. The molecule has 264 valence electrons. The molecule has 7 fully saturated rings. The fraction of sp³-hybridized carbons (Fsp3) is 0.921. The molecule has 7 rings (SSSR count). The number of fused-ring (bicyclic) bond motifs is 7. The predicted octanol–water partition coefficient (Wildman–Crippen LogP) is 4.24. The number of piperazine rings is 1. The van der Waals surface area contributed by atoms with Crippen molar-refractivity contribution < 1.29 is 23.9 Å². The van der Waals surface area contributed by atoms with Gasteiger partial charge in [0.2, 0.25) is 11.8 Å². The van der Waals surface area contributed by atoms with Crippen LogP contribution in [0.3, 0.4) is 0 Å². The van der Waals surface area contributed by atoms with Gasteiger partial charge in [-0.05, 0) is 100.0 Å². The highest BCUT2D eigenvalue weighted by molar-refractivity contribution is 5.97. The summed E-state index contributed by atoms with van der Waals surface area (Å²) in [6.45, 7) is 16.0. The predicted molar refractivity (Wildman–Crippen MR) is 180 cm³/mol. The summed E-state index contributed by atoms with van der Waals surface area (Å²) in [6.07, 6.45) is 9.96. The Bertz CT molecular complexity index is 1200. The van der Waals surface area contributed by atoms with Gasteiger partial charge in [0, 0.05) is 68.9 Å². The summed E-state index contributed by atoms with van der Waals surface area (Å²) in [5.41, 5.74) is -0.197. The van der Waals surface area contributed by atoms with Crippen LogP contribution in [0.1, 0.15) is 98.3 Å². The van der Waals surface area contributed by atoms with Crippen LogP contribution >= 0.6 is 0 Å². The molecule has 12 atom stereocenters. The fourth-order valence-electron chi connectivity index (χ4n) is 12.2. The first-order valence-corrected chi connectivity index (χ1v) is 19.2. The van der Waals surface area contributed by atoms with Gasteiger partial charge in [0.15, 0.2) is 5.79 Å². The number of ketones is 1. The molecule has 0 aromatic rings. The normalized spacial score (nSPS) is 46.7. The van der Waals surface area contributed by atoms with Gasteiger partial charge in [-0.25, -0.2) is 0 Å². The molecule has 0 bridgehead atoms. The van der Waals surface area contributed by atoms with Gasteiger partial charge in [0.1, 0.15) is 12.2 Å². The highest BCUT2D eigenvalue weighted by Crippen LogP contribution is 2.70. The lowest BCUT2D eigenvalue weighted by Crippen LogP contribution is -2.59. The third-order valence-corrected chi connectivity index (χ3v) is 15.1. The molecule has 2 amide bonds. The second kappa shape index (κ2) is 13.0. The molecule has 9 heteroatoms. The van der Waals surface area contributed by atoms with Gasteiger partial charge in [-0.2, -0.15) is 0 Å². The van der Waals surface area contributed by atoms with Crippen molar-refractivity contribution in [2.45, 2.75) is 116 Å². The third kappa shape index (κ3) is 6.01. The number of hydrogen-bond donors (Lipinski definition) is 2. The van der Waals surface area contributed by atoms with Crippen molar-refractivity contribution in [3.63, 3.8) is 0 Å². The standard InChI is InChI=1S/C38H62N4O5/c1-24-9-12-38(46-23-24)25(2)35-31(47-38)20-30-28-8-7-26-19-27(10-11-36(26,3)29(28)21-32(43)37(30,35)4)40-34(45)22-33(44)39-13-6-14-42-17-15-41(5)16-18-42/h24-31,35H,6-23H2,1-5H3,(H,39,44)(H,40,45)/t24-,25+,26+,27?,28-,29+,30+,31+,35+,36+,37-,38-/m1/s1. The molecular weight excluding hydrogens is 592 g/mol. The maximum absolute atomic E-state index is 14.4. The number of carbonyl (C=O) groups excluding carboxylic acids is 3. The monoisotopic (exact) mass is 654 g/mol. The van der Waals surface area contributed by atoms with E-state index in [1.807, 2.05) is 0 Å². The molecule has 4 aliphatic carbocycles. The van der Waals surface area contributed by atoms with E-state index in [1.165, 1.54) is 6.42 Å². The van der Waals surface area contributed by atoms with E-state index in [2.05, 4.69) is 55.2 Å². The number of nitrogens with one attached hydrogen (secondary N) is 2. The number of nitrogens with zero attached hydrogens (tertiary/aromatic N) is 2. The van der Waals surface area contributed by atoms with Gasteiger partial charge >= 0.3 is 0 Å². The highest BCUT2D eigenvalue weighted by Gasteiger charge is 2.71. The summed E-state index contributed by atoms with van der Waals surface area (Å²) < 4.78 is 13.3. The largest absolute Gasteiger partial charge is 0.356 e. The van der Waals surface area contributed by atoms with E-state index < -0.39 is 5.79 Å². The second-order valence-electron chi connectivity index (χ2n) is 17.6. The molecular formula is C38H62N4O5. The number of likely N-dealkylation sites (N-methyl/N-ethyl adjacent to an activating group) is 1. The van der Waals surface area contributed by atoms with Crippen LogP contribution < -0.4 is 10.6 Å². The van der Waals surface area contributed by atoms with Crippen molar-refractivity contribution in [3.05, 3.63) is 0 Å². The van der Waals surface area contributed by atoms with E-state index in [0.717, 1.165) is 90.7 Å². The first-order valence-electron chi connectivity index (χ1n) is 19.2. The first kappa shape index (κ1) is 33.9. The Balaban J connectivity index is 0.908. The van der Waals surface area contributed by atoms with Gasteiger partial charge in [-0.3, -0.25) is 14.4 Å². The number of carbonyl (C=O) groups is 3. The number of amides is 2. The lowest BCUT2D eigenvalue weighted by Gasteiger charge is -2.60. The van der Waals surface area contributed by atoms with Crippen molar-refractivity contribution in [1.82, 2.24) is 20.4 Å². The van der Waals surface area contributed by atoms with Crippen LogP contribution in [0.2, 0.25) is 0 Å². The zero-order valence-corrected chi connectivity index (χ0v) is 29.9. The van der Waals surface area contributed by atoms with Gasteiger partial charge < -0.3 is 29.9 Å². The Morgan fingerprint density at radius 3 is 2.49 bits per heavy atom. The van der Waals surface area contributed by atoms with Gasteiger partial charge in [0.25, 0.3) is 0 Å². The SMILES string of the molecule is C[C@@H]1CC[C@@]2(OC1)O[C@H]1C[C@H]3[C@@H]4CC[C@H]5CC(NC(=O)CC(=O)NCCCN6CCN(C)CC6)CC[C@]5(C)[C@H]4CC(=O)[C@]3(C)[C@H]1[C@@H]2C. The maximum atomic E-state index is 14.4. The van der Waals surface area contributed by atoms with Crippen molar-refractivity contribution in [2.75, 3.05) is 52.9 Å². The Kier molecular flexibility index (Phi) is 9.36. The second-order valence-corrected chi connectivity index (χ2v) is 17.6. The van der Waals surface area contributed by atoms with E-state index in [1.54, 1.807) is 0 Å². The van der Waals surface area contributed by atoms with Crippen LogP contribution in [0, 0.1) is 52.3 Å². The van der Waals surface area contributed by atoms with Crippen molar-refractivity contribution in [1.29, 1.82) is 0 Å². The van der Waals surface area contributed by atoms with E-state index in [4.69, 9.17) is 9.47 Å². The van der Waals surface area contributed by atoms with Gasteiger partial charge in [-0.15, -0.1) is 0 Å². The average molecular weight is 655 g/mol. The molecule has 0 aromatic heterocycles. The molecule has 2 N–H and O–H groups in total. The van der Waals surface area contributed by atoms with Crippen LogP contribution in [-0.4, -0.2) is 98.3 Å². The van der Waals surface area contributed by atoms with Crippen LogP contribution in [0.25, 0.3) is 0 Å². The molecule has 9 nitrogen and oxygen atoms in total. The Morgan fingerprint density at radius 2 is 1.74 bits per heavy atom. The van der Waals surface area contributed by atoms with E-state index in [-0.39, 0.29) is 53.0 Å². The summed E-state index contributed by atoms with van der Waals surface area (Å²) in [7, 11) is 2.16. The number of hydrogen-bond acceptors (Lipinski definition) is 7. The number of rotatable bonds is 7. The zero-order valence-electron chi connectivity index (χ0n) is 29.9. The van der Waals surface area contributed by atoms with Crippen LogP contribution in [0.4, 0.5) is 0 Å². The van der Waals surface area contributed by atoms with Crippen molar-refractivity contribution in [2.24, 2.45) is 52.3 Å². The van der Waals surface area contributed by atoms with Crippen LogP contribution in [0.5, 0.6) is 0 Å². The molecule has 7 aliphatic rings. The van der Waals surface area contributed by atoms with Gasteiger partial charge in [-0.1, -0.05) is 27.7 Å². The van der Waals surface area contributed by atoms with E-state index in [9.17, 15) is 14.4 Å². The smallest absolute Gasteiger partial charge is 0.229 e. The van der Waals surface area contributed by atoms with Crippen molar-refractivity contribution in [3.8, 4) is 0 Å². The minimum absolute atomic E-state index is 0.0966. The summed E-state index contributed by atoms with van der Waals surface area (Å²) >= 11 is 0. The van der Waals surface area contributed by atoms with Crippen LogP contribution in [0.15, 0.2) is 0 Å². The van der Waals surface area contributed by atoms with E-state index in [0.29, 0.717) is 48.3 Å². The summed E-state index contributed by atoms with van der Waals surface area (Å²) in [6, 6.07) is 0.112. The third-order valence-electron chi connectivity index (χ3n) is 15.1. The number of Topliss-reactive ketones (excluding diaryl/α,β-unsaturated/α-hetero) is 1. The Labute approximate surface area is 283 Å². The summed E-state index contributed by atoms with van der Waals surface area (Å²) in [5, 5.41) is 6.18. The molecule has 3 saturated heterocycles. The lowest BCUT2D eigenvalue weighted by molar-refractivity contribution is -0.272. The topological polar surface area (TPSA) is 100 Å². The molecule has 3 aliphatic heterocycles.